The van der Waals surface area contributed by atoms with Crippen LogP contribution in [0.4, 0.5) is 5.69 Å². The van der Waals surface area contributed by atoms with Crippen molar-refractivity contribution in [3.63, 3.8) is 0 Å². The van der Waals surface area contributed by atoms with Crippen molar-refractivity contribution in [2.75, 3.05) is 58.4 Å². The van der Waals surface area contributed by atoms with Gasteiger partial charge in [0.15, 0.2) is 0 Å². The van der Waals surface area contributed by atoms with Gasteiger partial charge >= 0.3 is 5.97 Å². The van der Waals surface area contributed by atoms with E-state index >= 15 is 0 Å². The SMILES string of the molecule is COC(=O)c1ccc(NC(=O)CN(CCN2CCOCC2)C(C)=O)cc1. The highest BCUT2D eigenvalue weighted by Gasteiger charge is 2.17. The van der Waals surface area contributed by atoms with Gasteiger partial charge in [-0.3, -0.25) is 14.5 Å². The first-order valence-corrected chi connectivity index (χ1v) is 8.53. The Labute approximate surface area is 153 Å². The standard InChI is InChI=1S/C18H25N3O5/c1-14(22)21(8-7-20-9-11-26-12-10-20)13-17(23)19-16-5-3-15(4-6-16)18(24)25-2/h3-6H,7-13H2,1-2H3,(H,19,23). The summed E-state index contributed by atoms with van der Waals surface area (Å²) in [5.41, 5.74) is 0.959. The quantitative estimate of drug-likeness (QED) is 0.714. The predicted molar refractivity (Wildman–Crippen MR) is 95.9 cm³/mol. The maximum Gasteiger partial charge on any atom is 0.337 e. The molecule has 0 bridgehead atoms. The molecule has 0 radical (unpaired) electrons. The van der Waals surface area contributed by atoms with Crippen molar-refractivity contribution in [2.45, 2.75) is 6.92 Å². The molecule has 0 spiro atoms. The van der Waals surface area contributed by atoms with Crippen LogP contribution in [0.25, 0.3) is 0 Å². The number of esters is 1. The molecule has 0 aliphatic carbocycles. The summed E-state index contributed by atoms with van der Waals surface area (Å²) in [6.45, 7) is 5.71. The second-order valence-electron chi connectivity index (χ2n) is 6.01. The Bertz CT molecular complexity index is 626. The highest BCUT2D eigenvalue weighted by molar-refractivity contribution is 5.95. The van der Waals surface area contributed by atoms with Crippen LogP contribution in [0.1, 0.15) is 17.3 Å². The highest BCUT2D eigenvalue weighted by atomic mass is 16.5. The summed E-state index contributed by atoms with van der Waals surface area (Å²) >= 11 is 0. The van der Waals surface area contributed by atoms with Crippen molar-refractivity contribution in [2.24, 2.45) is 0 Å². The smallest absolute Gasteiger partial charge is 0.337 e. The Morgan fingerprint density at radius 1 is 1.19 bits per heavy atom. The lowest BCUT2D eigenvalue weighted by atomic mass is 10.2. The van der Waals surface area contributed by atoms with Crippen molar-refractivity contribution in [3.8, 4) is 0 Å². The molecule has 1 aromatic rings. The molecule has 0 atom stereocenters. The molecule has 1 N–H and O–H groups in total. The molecule has 8 nitrogen and oxygen atoms in total. The van der Waals surface area contributed by atoms with E-state index in [0.717, 1.165) is 13.1 Å². The van der Waals surface area contributed by atoms with Gasteiger partial charge in [0.2, 0.25) is 11.8 Å². The zero-order chi connectivity index (χ0) is 18.9. The van der Waals surface area contributed by atoms with Gasteiger partial charge in [-0.25, -0.2) is 4.79 Å². The van der Waals surface area contributed by atoms with Crippen molar-refractivity contribution in [3.05, 3.63) is 29.8 Å². The van der Waals surface area contributed by atoms with E-state index in [1.165, 1.54) is 18.9 Å². The van der Waals surface area contributed by atoms with Crippen LogP contribution in [0.15, 0.2) is 24.3 Å². The van der Waals surface area contributed by atoms with E-state index in [4.69, 9.17) is 4.74 Å². The largest absolute Gasteiger partial charge is 0.465 e. The van der Waals surface area contributed by atoms with Gasteiger partial charge in [-0.15, -0.1) is 0 Å². The summed E-state index contributed by atoms with van der Waals surface area (Å²) in [4.78, 5) is 39.2. The van der Waals surface area contributed by atoms with Crippen LogP contribution < -0.4 is 5.32 Å². The lowest BCUT2D eigenvalue weighted by Gasteiger charge is -2.29. The molecule has 2 amide bonds. The topological polar surface area (TPSA) is 88.2 Å². The lowest BCUT2D eigenvalue weighted by Crippen LogP contribution is -2.44. The molecule has 2 rings (SSSR count). The van der Waals surface area contributed by atoms with Gasteiger partial charge in [0.1, 0.15) is 0 Å². The number of carbonyl (C=O) groups is 3. The van der Waals surface area contributed by atoms with Crippen LogP contribution in [0.2, 0.25) is 0 Å². The molecule has 8 heteroatoms. The van der Waals surface area contributed by atoms with E-state index in [2.05, 4.69) is 15.0 Å². The molecule has 1 heterocycles. The zero-order valence-corrected chi connectivity index (χ0v) is 15.2. The number of nitrogens with zero attached hydrogens (tertiary/aromatic N) is 2. The molecule has 142 valence electrons. The molecular weight excluding hydrogens is 338 g/mol. The number of methoxy groups -OCH3 is 1. The fourth-order valence-corrected chi connectivity index (χ4v) is 2.62. The first-order chi connectivity index (χ1) is 12.5. The number of rotatable bonds is 7. The average molecular weight is 363 g/mol. The summed E-state index contributed by atoms with van der Waals surface area (Å²) in [6.07, 6.45) is 0. The Kier molecular flexibility index (Phi) is 7.55. The van der Waals surface area contributed by atoms with Gasteiger partial charge in [0, 0.05) is 38.8 Å². The van der Waals surface area contributed by atoms with Gasteiger partial charge in [-0.05, 0) is 24.3 Å². The molecule has 1 aromatic carbocycles. The van der Waals surface area contributed by atoms with E-state index in [1.807, 2.05) is 0 Å². The monoisotopic (exact) mass is 363 g/mol. The van der Waals surface area contributed by atoms with Crippen molar-refractivity contribution in [1.29, 1.82) is 0 Å². The molecule has 0 unspecified atom stereocenters. The van der Waals surface area contributed by atoms with Crippen molar-refractivity contribution < 1.29 is 23.9 Å². The first kappa shape index (κ1) is 19.9. The predicted octanol–water partition coefficient (Wildman–Crippen LogP) is 0.592. The fraction of sp³-hybridized carbons (Fsp3) is 0.500. The van der Waals surface area contributed by atoms with Crippen LogP contribution >= 0.6 is 0 Å². The van der Waals surface area contributed by atoms with Gasteiger partial charge in [0.05, 0.1) is 32.4 Å². The fourth-order valence-electron chi connectivity index (χ4n) is 2.62. The Morgan fingerprint density at radius 3 is 2.42 bits per heavy atom. The number of hydrogen-bond donors (Lipinski definition) is 1. The summed E-state index contributed by atoms with van der Waals surface area (Å²) in [5, 5.41) is 2.73. The summed E-state index contributed by atoms with van der Waals surface area (Å²) in [7, 11) is 1.31. The summed E-state index contributed by atoms with van der Waals surface area (Å²) in [5.74, 6) is -0.865. The van der Waals surface area contributed by atoms with Gasteiger partial charge in [-0.2, -0.15) is 0 Å². The van der Waals surface area contributed by atoms with Crippen LogP contribution in [0.5, 0.6) is 0 Å². The van der Waals surface area contributed by atoms with E-state index in [-0.39, 0.29) is 18.4 Å². The molecule has 26 heavy (non-hydrogen) atoms. The minimum atomic E-state index is -0.436. The number of ether oxygens (including phenoxy) is 2. The van der Waals surface area contributed by atoms with E-state index < -0.39 is 5.97 Å². The number of amides is 2. The number of morpholine rings is 1. The molecule has 1 aliphatic rings. The molecule has 0 saturated carbocycles. The first-order valence-electron chi connectivity index (χ1n) is 8.53. The molecule has 1 saturated heterocycles. The second kappa shape index (κ2) is 9.88. The molecule has 0 aromatic heterocycles. The number of hydrogen-bond acceptors (Lipinski definition) is 6. The third kappa shape index (κ3) is 6.12. The van der Waals surface area contributed by atoms with E-state index in [0.29, 0.717) is 37.6 Å². The normalized spacial score (nSPS) is 14.5. The van der Waals surface area contributed by atoms with E-state index in [1.54, 1.807) is 24.3 Å². The lowest BCUT2D eigenvalue weighted by molar-refractivity contribution is -0.133. The van der Waals surface area contributed by atoms with Gasteiger partial charge in [-0.1, -0.05) is 0 Å². The number of carbonyl (C=O) groups excluding carboxylic acids is 3. The maximum atomic E-state index is 12.2. The Hall–Kier alpha value is -2.45. The number of anilines is 1. The van der Waals surface area contributed by atoms with Crippen LogP contribution in [0.3, 0.4) is 0 Å². The highest BCUT2D eigenvalue weighted by Crippen LogP contribution is 2.10. The number of nitrogens with one attached hydrogen (secondary N) is 1. The van der Waals surface area contributed by atoms with Crippen molar-refractivity contribution in [1.82, 2.24) is 9.80 Å². The zero-order valence-electron chi connectivity index (χ0n) is 15.2. The van der Waals surface area contributed by atoms with E-state index in [9.17, 15) is 14.4 Å². The Morgan fingerprint density at radius 2 is 1.85 bits per heavy atom. The van der Waals surface area contributed by atoms with Crippen LogP contribution in [0, 0.1) is 0 Å². The minimum Gasteiger partial charge on any atom is -0.465 e. The van der Waals surface area contributed by atoms with Crippen molar-refractivity contribution >= 4 is 23.5 Å². The molecule has 1 fully saturated rings. The molecule has 1 aliphatic heterocycles. The van der Waals surface area contributed by atoms with Crippen LogP contribution in [-0.2, 0) is 19.1 Å². The maximum absolute atomic E-state index is 12.2. The minimum absolute atomic E-state index is 0.0154. The summed E-state index contributed by atoms with van der Waals surface area (Å²) in [6, 6.07) is 6.39. The third-order valence-corrected chi connectivity index (χ3v) is 4.16. The van der Waals surface area contributed by atoms with Crippen LogP contribution in [-0.4, -0.2) is 80.6 Å². The summed E-state index contributed by atoms with van der Waals surface area (Å²) < 4.78 is 9.93. The third-order valence-electron chi connectivity index (χ3n) is 4.16. The van der Waals surface area contributed by atoms with Gasteiger partial charge < -0.3 is 19.7 Å². The Balaban J connectivity index is 1.84. The van der Waals surface area contributed by atoms with Gasteiger partial charge in [0.25, 0.3) is 0 Å². The number of benzene rings is 1. The molecular formula is C18H25N3O5. The second-order valence-corrected chi connectivity index (χ2v) is 6.01. The average Bonchev–Trinajstić information content (AvgIpc) is 2.65.